The summed E-state index contributed by atoms with van der Waals surface area (Å²) in [5, 5.41) is 0.972. The van der Waals surface area contributed by atoms with E-state index in [4.69, 9.17) is 5.73 Å². The highest BCUT2D eigenvalue weighted by Gasteiger charge is 2.09. The molecule has 0 aromatic carbocycles. The van der Waals surface area contributed by atoms with Gasteiger partial charge in [0, 0.05) is 18.5 Å². The van der Waals surface area contributed by atoms with E-state index in [2.05, 4.69) is 9.88 Å². The largest absolute Gasteiger partial charge is 0.397 e. The van der Waals surface area contributed by atoms with E-state index in [0.717, 1.165) is 23.0 Å². The van der Waals surface area contributed by atoms with E-state index >= 15 is 0 Å². The van der Waals surface area contributed by atoms with Crippen LogP contribution in [-0.4, -0.2) is 35.3 Å². The molecular weight excluding hydrogens is 218 g/mol. The average Bonchev–Trinajstić information content (AvgIpc) is 2.33. The third kappa shape index (κ3) is 3.39. The molecule has 2 N–H and O–H groups in total. The summed E-state index contributed by atoms with van der Waals surface area (Å²) in [6, 6.07) is 3.79. The third-order valence-corrected chi connectivity index (χ3v) is 3.90. The first-order chi connectivity index (χ1) is 7.86. The highest BCUT2D eigenvalue weighted by molar-refractivity contribution is 7.99. The van der Waals surface area contributed by atoms with Gasteiger partial charge in [-0.05, 0) is 38.1 Å². The zero-order valence-electron chi connectivity index (χ0n) is 9.56. The first kappa shape index (κ1) is 11.7. The van der Waals surface area contributed by atoms with Gasteiger partial charge < -0.3 is 10.6 Å². The van der Waals surface area contributed by atoms with Crippen LogP contribution >= 0.6 is 11.8 Å². The number of anilines is 1. The fourth-order valence-corrected chi connectivity index (χ4v) is 2.89. The molecule has 0 aliphatic carbocycles. The second-order valence-electron chi connectivity index (χ2n) is 4.15. The van der Waals surface area contributed by atoms with E-state index in [0.29, 0.717) is 0 Å². The van der Waals surface area contributed by atoms with Gasteiger partial charge in [0.05, 0.1) is 5.69 Å². The maximum absolute atomic E-state index is 5.84. The van der Waals surface area contributed by atoms with Crippen molar-refractivity contribution in [2.75, 3.05) is 31.1 Å². The van der Waals surface area contributed by atoms with Crippen LogP contribution in [0.4, 0.5) is 5.69 Å². The Hall–Kier alpha value is -0.740. The first-order valence-corrected chi connectivity index (χ1v) is 6.90. The van der Waals surface area contributed by atoms with Crippen LogP contribution in [0.15, 0.2) is 23.4 Å². The lowest BCUT2D eigenvalue weighted by atomic mass is 10.1. The topological polar surface area (TPSA) is 42.1 Å². The number of hydrogen-bond acceptors (Lipinski definition) is 4. The van der Waals surface area contributed by atoms with Crippen molar-refractivity contribution in [2.24, 2.45) is 0 Å². The Morgan fingerprint density at radius 2 is 2.12 bits per heavy atom. The van der Waals surface area contributed by atoms with Gasteiger partial charge in [0.2, 0.25) is 0 Å². The Kier molecular flexibility index (Phi) is 4.48. The molecule has 0 saturated carbocycles. The number of aromatic nitrogens is 1. The van der Waals surface area contributed by atoms with Crippen molar-refractivity contribution < 1.29 is 0 Å². The van der Waals surface area contributed by atoms with E-state index in [-0.39, 0.29) is 0 Å². The van der Waals surface area contributed by atoms with Crippen LogP contribution in [0.1, 0.15) is 19.3 Å². The monoisotopic (exact) mass is 237 g/mol. The summed E-state index contributed by atoms with van der Waals surface area (Å²) in [4.78, 5) is 6.82. The number of likely N-dealkylation sites (tertiary alicyclic amines) is 1. The number of nitrogens with zero attached hydrogens (tertiary/aromatic N) is 2. The van der Waals surface area contributed by atoms with Crippen molar-refractivity contribution in [3.8, 4) is 0 Å². The minimum Gasteiger partial charge on any atom is -0.397 e. The molecule has 16 heavy (non-hydrogen) atoms. The zero-order valence-corrected chi connectivity index (χ0v) is 10.4. The molecule has 0 atom stereocenters. The normalized spacial score (nSPS) is 17.5. The van der Waals surface area contributed by atoms with Crippen LogP contribution in [0.5, 0.6) is 0 Å². The van der Waals surface area contributed by atoms with Gasteiger partial charge in [-0.1, -0.05) is 6.42 Å². The van der Waals surface area contributed by atoms with Crippen LogP contribution in [0, 0.1) is 0 Å². The third-order valence-electron chi connectivity index (χ3n) is 2.90. The van der Waals surface area contributed by atoms with Gasteiger partial charge in [-0.15, -0.1) is 11.8 Å². The van der Waals surface area contributed by atoms with Gasteiger partial charge in [-0.2, -0.15) is 0 Å². The van der Waals surface area contributed by atoms with Crippen molar-refractivity contribution >= 4 is 17.4 Å². The SMILES string of the molecule is Nc1cccnc1SCCN1CCCCC1. The van der Waals surface area contributed by atoms with E-state index < -0.39 is 0 Å². The summed E-state index contributed by atoms with van der Waals surface area (Å²) < 4.78 is 0. The number of pyridine rings is 1. The van der Waals surface area contributed by atoms with E-state index in [1.807, 2.05) is 12.1 Å². The molecule has 1 aromatic heterocycles. The molecular formula is C12H19N3S. The van der Waals surface area contributed by atoms with Crippen molar-refractivity contribution in [3.63, 3.8) is 0 Å². The van der Waals surface area contributed by atoms with Gasteiger partial charge in [0.25, 0.3) is 0 Å². The molecule has 1 aliphatic rings. The van der Waals surface area contributed by atoms with Crippen LogP contribution in [-0.2, 0) is 0 Å². The number of hydrogen-bond donors (Lipinski definition) is 1. The summed E-state index contributed by atoms with van der Waals surface area (Å²) in [5.41, 5.74) is 6.64. The molecule has 1 aliphatic heterocycles. The number of thioether (sulfide) groups is 1. The second kappa shape index (κ2) is 6.11. The molecule has 2 heterocycles. The van der Waals surface area contributed by atoms with Crippen LogP contribution in [0.25, 0.3) is 0 Å². The van der Waals surface area contributed by atoms with Gasteiger partial charge >= 0.3 is 0 Å². The number of nitrogen functional groups attached to an aromatic ring is 1. The lowest BCUT2D eigenvalue weighted by Crippen LogP contribution is -2.31. The van der Waals surface area contributed by atoms with Gasteiger partial charge in [-0.3, -0.25) is 0 Å². The molecule has 0 amide bonds. The summed E-state index contributed by atoms with van der Waals surface area (Å²) in [6.07, 6.45) is 5.92. The lowest BCUT2D eigenvalue weighted by Gasteiger charge is -2.25. The Labute approximate surface area is 101 Å². The van der Waals surface area contributed by atoms with E-state index in [1.165, 1.54) is 32.4 Å². The van der Waals surface area contributed by atoms with Crippen molar-refractivity contribution in [2.45, 2.75) is 24.3 Å². The van der Waals surface area contributed by atoms with E-state index in [9.17, 15) is 0 Å². The summed E-state index contributed by atoms with van der Waals surface area (Å²) in [7, 11) is 0. The van der Waals surface area contributed by atoms with Crippen LogP contribution < -0.4 is 5.73 Å². The second-order valence-corrected chi connectivity index (χ2v) is 5.23. The summed E-state index contributed by atoms with van der Waals surface area (Å²) in [5.74, 6) is 1.08. The minimum atomic E-state index is 0.797. The predicted molar refractivity (Wildman–Crippen MR) is 69.7 cm³/mol. The summed E-state index contributed by atoms with van der Waals surface area (Å²) in [6.45, 7) is 3.68. The predicted octanol–water partition coefficient (Wildman–Crippen LogP) is 2.24. The highest BCUT2D eigenvalue weighted by Crippen LogP contribution is 2.21. The Bertz CT molecular complexity index is 324. The van der Waals surface area contributed by atoms with Gasteiger partial charge in [0.1, 0.15) is 5.03 Å². The fraction of sp³-hybridized carbons (Fsp3) is 0.583. The number of rotatable bonds is 4. The first-order valence-electron chi connectivity index (χ1n) is 5.92. The maximum atomic E-state index is 5.84. The average molecular weight is 237 g/mol. The molecule has 3 nitrogen and oxygen atoms in total. The van der Waals surface area contributed by atoms with Crippen molar-refractivity contribution in [1.29, 1.82) is 0 Å². The smallest absolute Gasteiger partial charge is 0.119 e. The molecule has 1 aromatic rings. The van der Waals surface area contributed by atoms with Gasteiger partial charge in [-0.25, -0.2) is 4.98 Å². The van der Waals surface area contributed by atoms with Crippen molar-refractivity contribution in [3.05, 3.63) is 18.3 Å². The Morgan fingerprint density at radius 1 is 1.31 bits per heavy atom. The molecule has 0 spiro atoms. The highest BCUT2D eigenvalue weighted by atomic mass is 32.2. The van der Waals surface area contributed by atoms with E-state index in [1.54, 1.807) is 18.0 Å². The standard InChI is InChI=1S/C12H19N3S/c13-11-5-4-6-14-12(11)16-10-9-15-7-2-1-3-8-15/h4-6H,1-3,7-10,13H2. The zero-order chi connectivity index (χ0) is 11.2. The van der Waals surface area contributed by atoms with Crippen LogP contribution in [0.3, 0.4) is 0 Å². The quantitative estimate of drug-likeness (QED) is 0.816. The lowest BCUT2D eigenvalue weighted by molar-refractivity contribution is 0.242. The molecule has 4 heteroatoms. The fourth-order valence-electron chi connectivity index (χ4n) is 1.98. The molecule has 2 rings (SSSR count). The van der Waals surface area contributed by atoms with Crippen LogP contribution in [0.2, 0.25) is 0 Å². The summed E-state index contributed by atoms with van der Waals surface area (Å²) >= 11 is 1.76. The molecule has 1 saturated heterocycles. The number of piperidine rings is 1. The molecule has 88 valence electrons. The van der Waals surface area contributed by atoms with Crippen molar-refractivity contribution in [1.82, 2.24) is 9.88 Å². The minimum absolute atomic E-state index is 0.797. The molecule has 0 radical (unpaired) electrons. The maximum Gasteiger partial charge on any atom is 0.119 e. The van der Waals surface area contributed by atoms with Gasteiger partial charge in [0.15, 0.2) is 0 Å². The molecule has 0 bridgehead atoms. The number of nitrogens with two attached hydrogens (primary N) is 1. The Morgan fingerprint density at radius 3 is 2.88 bits per heavy atom. The Balaban J connectivity index is 1.73. The molecule has 1 fully saturated rings. The molecule has 0 unspecified atom stereocenters.